The van der Waals surface area contributed by atoms with Crippen molar-refractivity contribution in [3.05, 3.63) is 6.20 Å². The molecular weight excluding hydrogens is 388 g/mol. The average molecular weight is 423 g/mol. The Labute approximate surface area is 177 Å². The number of carbonyl (C=O) groups is 1. The molecule has 0 spiro atoms. The van der Waals surface area contributed by atoms with E-state index in [9.17, 15) is 4.79 Å². The maximum absolute atomic E-state index is 12.4. The van der Waals surface area contributed by atoms with E-state index in [4.69, 9.17) is 4.74 Å². The predicted octanol–water partition coefficient (Wildman–Crippen LogP) is 3.33. The molecule has 0 atom stereocenters. The summed E-state index contributed by atoms with van der Waals surface area (Å²) in [5, 5.41) is 12.4. The van der Waals surface area contributed by atoms with Gasteiger partial charge < -0.3 is 15.4 Å². The number of carbonyl (C=O) groups excluding carboxylic acids is 1. The van der Waals surface area contributed by atoms with Gasteiger partial charge in [0.1, 0.15) is 5.82 Å². The Balaban J connectivity index is 2.04. The lowest BCUT2D eigenvalue weighted by atomic mass is 9.97. The van der Waals surface area contributed by atoms with Crippen LogP contribution in [0.3, 0.4) is 0 Å². The summed E-state index contributed by atoms with van der Waals surface area (Å²) in [6, 6.07) is 0. The van der Waals surface area contributed by atoms with Crippen LogP contribution in [0.25, 0.3) is 11.0 Å². The van der Waals surface area contributed by atoms with Crippen LogP contribution in [-0.4, -0.2) is 58.2 Å². The molecule has 0 aromatic carbocycles. The van der Waals surface area contributed by atoms with Gasteiger partial charge in [0.15, 0.2) is 10.8 Å². The second-order valence-electron chi connectivity index (χ2n) is 6.85. The standard InChI is InChI=1S/C20H34N6O2S/c1-5-8-15(9-6-2)19(27)22-10-12-26-18-16(14-23-26)17(21-11-13-28-7-3)24-20(25-18)29-4/h14-15H,5-13H2,1-4H3,(H,22,27)(H,21,24,25). The van der Waals surface area contributed by atoms with Gasteiger partial charge in [-0.15, -0.1) is 0 Å². The second kappa shape index (κ2) is 12.6. The first-order chi connectivity index (χ1) is 14.1. The largest absolute Gasteiger partial charge is 0.380 e. The Morgan fingerprint density at radius 2 is 1.97 bits per heavy atom. The van der Waals surface area contributed by atoms with Crippen molar-refractivity contribution < 1.29 is 9.53 Å². The fourth-order valence-corrected chi connectivity index (χ4v) is 3.60. The maximum Gasteiger partial charge on any atom is 0.223 e. The Morgan fingerprint density at radius 1 is 1.21 bits per heavy atom. The molecule has 0 bridgehead atoms. The van der Waals surface area contributed by atoms with Crippen LogP contribution in [0.2, 0.25) is 0 Å². The van der Waals surface area contributed by atoms with Crippen molar-refractivity contribution in [3.63, 3.8) is 0 Å². The van der Waals surface area contributed by atoms with Gasteiger partial charge in [-0.3, -0.25) is 4.79 Å². The van der Waals surface area contributed by atoms with Gasteiger partial charge in [-0.05, 0) is 26.0 Å². The van der Waals surface area contributed by atoms with Gasteiger partial charge in [0.2, 0.25) is 5.91 Å². The third kappa shape index (κ3) is 6.85. The first-order valence-corrected chi connectivity index (χ1v) is 11.7. The minimum Gasteiger partial charge on any atom is -0.380 e. The fraction of sp³-hybridized carbons (Fsp3) is 0.700. The molecule has 1 amide bonds. The summed E-state index contributed by atoms with van der Waals surface area (Å²) in [7, 11) is 0. The normalized spacial score (nSPS) is 11.3. The number of anilines is 1. The van der Waals surface area contributed by atoms with Crippen LogP contribution in [-0.2, 0) is 16.1 Å². The maximum atomic E-state index is 12.4. The van der Waals surface area contributed by atoms with Crippen molar-refractivity contribution in [2.24, 2.45) is 5.92 Å². The summed E-state index contributed by atoms with van der Waals surface area (Å²) in [5.41, 5.74) is 0.774. The van der Waals surface area contributed by atoms with E-state index in [-0.39, 0.29) is 11.8 Å². The molecule has 2 N–H and O–H groups in total. The summed E-state index contributed by atoms with van der Waals surface area (Å²) in [6.45, 7) is 9.30. The van der Waals surface area contributed by atoms with E-state index in [1.54, 1.807) is 6.20 Å². The topological polar surface area (TPSA) is 94.0 Å². The van der Waals surface area contributed by atoms with Crippen LogP contribution in [0.5, 0.6) is 0 Å². The molecule has 0 saturated heterocycles. The van der Waals surface area contributed by atoms with E-state index in [0.29, 0.717) is 38.0 Å². The molecule has 0 aliphatic rings. The van der Waals surface area contributed by atoms with Crippen LogP contribution in [0.1, 0.15) is 46.5 Å². The molecule has 0 unspecified atom stereocenters. The smallest absolute Gasteiger partial charge is 0.223 e. The summed E-state index contributed by atoms with van der Waals surface area (Å²) in [6.07, 6.45) is 7.65. The highest BCUT2D eigenvalue weighted by atomic mass is 32.2. The van der Waals surface area contributed by atoms with Crippen molar-refractivity contribution in [3.8, 4) is 0 Å². The van der Waals surface area contributed by atoms with Crippen LogP contribution in [0.15, 0.2) is 11.4 Å². The van der Waals surface area contributed by atoms with Gasteiger partial charge >= 0.3 is 0 Å². The van der Waals surface area contributed by atoms with E-state index < -0.39 is 0 Å². The SMILES string of the molecule is CCCC(CCC)C(=O)NCCn1ncc2c(NCCOCC)nc(SC)nc21. The minimum absolute atomic E-state index is 0.103. The molecule has 9 heteroatoms. The molecule has 0 fully saturated rings. The van der Waals surface area contributed by atoms with Crippen LogP contribution < -0.4 is 10.6 Å². The number of amides is 1. The lowest BCUT2D eigenvalue weighted by Crippen LogP contribution is -2.33. The number of rotatable bonds is 14. The predicted molar refractivity (Wildman–Crippen MR) is 118 cm³/mol. The molecule has 0 radical (unpaired) electrons. The Hall–Kier alpha value is -1.87. The number of ether oxygens (including phenoxy) is 1. The molecule has 0 aliphatic heterocycles. The number of fused-ring (bicyclic) bond motifs is 1. The highest BCUT2D eigenvalue weighted by Crippen LogP contribution is 2.23. The van der Waals surface area contributed by atoms with Crippen molar-refractivity contribution in [2.75, 3.05) is 37.9 Å². The van der Waals surface area contributed by atoms with Gasteiger partial charge in [0.05, 0.1) is 24.7 Å². The van der Waals surface area contributed by atoms with E-state index in [2.05, 4.69) is 39.5 Å². The summed E-state index contributed by atoms with van der Waals surface area (Å²) < 4.78 is 7.22. The van der Waals surface area contributed by atoms with E-state index in [1.807, 2.05) is 17.9 Å². The third-order valence-corrected chi connectivity index (χ3v) is 5.22. The number of thioether (sulfide) groups is 1. The van der Waals surface area contributed by atoms with Gasteiger partial charge in [-0.2, -0.15) is 5.10 Å². The molecule has 162 valence electrons. The lowest BCUT2D eigenvalue weighted by Gasteiger charge is -2.15. The highest BCUT2D eigenvalue weighted by Gasteiger charge is 2.17. The molecule has 8 nitrogen and oxygen atoms in total. The first-order valence-electron chi connectivity index (χ1n) is 10.5. The summed E-state index contributed by atoms with van der Waals surface area (Å²) in [4.78, 5) is 21.6. The summed E-state index contributed by atoms with van der Waals surface area (Å²) >= 11 is 1.49. The van der Waals surface area contributed by atoms with Gasteiger partial charge in [0.25, 0.3) is 0 Å². The molecule has 2 aromatic rings. The van der Waals surface area contributed by atoms with Crippen LogP contribution in [0, 0.1) is 5.92 Å². The zero-order valence-corrected chi connectivity index (χ0v) is 18.8. The quantitative estimate of drug-likeness (QED) is 0.274. The summed E-state index contributed by atoms with van der Waals surface area (Å²) in [5.74, 6) is 1.01. The zero-order chi connectivity index (χ0) is 21.1. The molecule has 2 aromatic heterocycles. The van der Waals surface area contributed by atoms with Crippen molar-refractivity contribution >= 4 is 34.5 Å². The number of nitrogens with one attached hydrogen (secondary N) is 2. The molecule has 0 aliphatic carbocycles. The van der Waals surface area contributed by atoms with E-state index >= 15 is 0 Å². The molecule has 2 rings (SSSR count). The number of hydrogen-bond acceptors (Lipinski definition) is 7. The zero-order valence-electron chi connectivity index (χ0n) is 18.0. The minimum atomic E-state index is 0.103. The Morgan fingerprint density at radius 3 is 2.62 bits per heavy atom. The fourth-order valence-electron chi connectivity index (χ4n) is 3.24. The third-order valence-electron chi connectivity index (χ3n) is 4.67. The van der Waals surface area contributed by atoms with Gasteiger partial charge in [-0.1, -0.05) is 38.5 Å². The van der Waals surface area contributed by atoms with E-state index in [1.165, 1.54) is 11.8 Å². The Bertz CT molecular complexity index is 761. The van der Waals surface area contributed by atoms with Gasteiger partial charge in [0, 0.05) is 25.6 Å². The average Bonchev–Trinajstić information content (AvgIpc) is 3.13. The number of hydrogen-bond donors (Lipinski definition) is 2. The first kappa shape index (κ1) is 23.4. The van der Waals surface area contributed by atoms with Gasteiger partial charge in [-0.25, -0.2) is 14.6 Å². The van der Waals surface area contributed by atoms with Crippen molar-refractivity contribution in [1.82, 2.24) is 25.1 Å². The highest BCUT2D eigenvalue weighted by molar-refractivity contribution is 7.98. The second-order valence-corrected chi connectivity index (χ2v) is 7.63. The Kier molecular flexibility index (Phi) is 10.2. The monoisotopic (exact) mass is 422 g/mol. The van der Waals surface area contributed by atoms with Crippen molar-refractivity contribution in [1.29, 1.82) is 0 Å². The molecule has 29 heavy (non-hydrogen) atoms. The molecule has 0 saturated carbocycles. The molecule has 2 heterocycles. The van der Waals surface area contributed by atoms with Crippen LogP contribution in [0.4, 0.5) is 5.82 Å². The van der Waals surface area contributed by atoms with Crippen LogP contribution >= 0.6 is 11.8 Å². The lowest BCUT2D eigenvalue weighted by molar-refractivity contribution is -0.125. The van der Waals surface area contributed by atoms with E-state index in [0.717, 1.165) is 42.5 Å². The number of aromatic nitrogens is 4. The number of nitrogens with zero attached hydrogens (tertiary/aromatic N) is 4. The molecular formula is C20H34N6O2S. The van der Waals surface area contributed by atoms with Crippen molar-refractivity contribution in [2.45, 2.75) is 58.2 Å².